The minimum Gasteiger partial charge on any atom is -0.431 e. The number of nitrogens with one attached hydrogen (secondary N) is 1. The van der Waals surface area contributed by atoms with E-state index < -0.39 is 12.8 Å². The number of nitrogens with zero attached hydrogens (tertiary/aromatic N) is 2. The molecular weight excluding hydrogens is 395 g/mol. The minimum atomic E-state index is -3.92. The maximum Gasteiger partial charge on any atom is 0.427 e. The first-order valence-electron chi connectivity index (χ1n) is 9.17. The third kappa shape index (κ3) is 6.01. The summed E-state index contributed by atoms with van der Waals surface area (Å²) in [4.78, 5) is 12.9. The van der Waals surface area contributed by atoms with Crippen molar-refractivity contribution in [1.29, 1.82) is 5.26 Å². The van der Waals surface area contributed by atoms with E-state index in [1.54, 1.807) is 42.3 Å². The average molecular weight is 417 g/mol. The van der Waals surface area contributed by atoms with Crippen LogP contribution in [0.1, 0.15) is 25.0 Å². The Morgan fingerprint density at radius 1 is 1.27 bits per heavy atom. The molecule has 1 N–H and O–H groups in total. The van der Waals surface area contributed by atoms with Crippen LogP contribution >= 0.6 is 0 Å². The molecule has 0 atom stereocenters. The van der Waals surface area contributed by atoms with Gasteiger partial charge in [0.25, 0.3) is 0 Å². The molecule has 0 aromatic heterocycles. The third-order valence-corrected chi connectivity index (χ3v) is 4.23. The van der Waals surface area contributed by atoms with E-state index in [1.807, 2.05) is 6.92 Å². The number of alkyl halides is 3. The van der Waals surface area contributed by atoms with E-state index in [0.29, 0.717) is 29.1 Å². The minimum absolute atomic E-state index is 0.191. The number of carbonyl (C=O) groups is 1. The molecule has 30 heavy (non-hydrogen) atoms. The number of hydrogen-bond acceptors (Lipinski definition) is 4. The molecule has 0 bridgehead atoms. The second-order valence-electron chi connectivity index (χ2n) is 6.54. The monoisotopic (exact) mass is 417 g/mol. The quantitative estimate of drug-likeness (QED) is 0.479. The number of hydrogen-bond donors (Lipinski definition) is 1. The number of ether oxygens (including phenoxy) is 1. The van der Waals surface area contributed by atoms with Gasteiger partial charge in [0.15, 0.2) is 6.67 Å². The van der Waals surface area contributed by atoms with Crippen LogP contribution in [0, 0.1) is 11.3 Å². The summed E-state index contributed by atoms with van der Waals surface area (Å²) in [5, 5.41) is 12.4. The molecule has 158 valence electrons. The molecule has 0 unspecified atom stereocenters. The van der Waals surface area contributed by atoms with Gasteiger partial charge in [-0.25, -0.2) is 4.39 Å². The summed E-state index contributed by atoms with van der Waals surface area (Å²) < 4.78 is 43.4. The molecule has 2 aromatic rings. The van der Waals surface area contributed by atoms with Gasteiger partial charge >= 0.3 is 6.11 Å². The van der Waals surface area contributed by atoms with E-state index in [2.05, 4.69) is 16.1 Å². The second kappa shape index (κ2) is 9.83. The van der Waals surface area contributed by atoms with Crippen LogP contribution in [0.2, 0.25) is 0 Å². The number of nitriles is 1. The molecule has 0 radical (unpaired) electrons. The van der Waals surface area contributed by atoms with Gasteiger partial charge in [-0.1, -0.05) is 12.1 Å². The first-order chi connectivity index (χ1) is 14.2. The fourth-order valence-electron chi connectivity index (χ4n) is 2.69. The zero-order valence-corrected chi connectivity index (χ0v) is 16.9. The Morgan fingerprint density at radius 3 is 2.47 bits per heavy atom. The van der Waals surface area contributed by atoms with Crippen molar-refractivity contribution in [1.82, 2.24) is 0 Å². The van der Waals surface area contributed by atoms with E-state index in [1.165, 1.54) is 25.1 Å². The van der Waals surface area contributed by atoms with Crippen molar-refractivity contribution in [2.24, 2.45) is 0 Å². The highest BCUT2D eigenvalue weighted by Crippen LogP contribution is 2.33. The molecule has 0 saturated carbocycles. The Morgan fingerprint density at radius 2 is 1.93 bits per heavy atom. The average Bonchev–Trinajstić information content (AvgIpc) is 2.72. The van der Waals surface area contributed by atoms with Crippen LogP contribution in [0.4, 0.5) is 24.5 Å². The first-order valence-corrected chi connectivity index (χ1v) is 9.17. The topological polar surface area (TPSA) is 65.4 Å². The van der Waals surface area contributed by atoms with Crippen molar-refractivity contribution in [3.63, 3.8) is 0 Å². The molecular formula is C22H22F3N3O2. The molecule has 0 aliphatic carbocycles. The van der Waals surface area contributed by atoms with E-state index >= 15 is 0 Å². The van der Waals surface area contributed by atoms with Crippen LogP contribution in [-0.2, 0) is 4.79 Å². The smallest absolute Gasteiger partial charge is 0.427 e. The van der Waals surface area contributed by atoms with Crippen LogP contribution in [0.25, 0.3) is 11.6 Å². The second-order valence-corrected chi connectivity index (χ2v) is 6.54. The van der Waals surface area contributed by atoms with E-state index in [-0.39, 0.29) is 11.7 Å². The van der Waals surface area contributed by atoms with Crippen molar-refractivity contribution in [3.8, 4) is 11.8 Å². The third-order valence-electron chi connectivity index (χ3n) is 4.23. The van der Waals surface area contributed by atoms with Crippen LogP contribution in [0.5, 0.6) is 5.75 Å². The van der Waals surface area contributed by atoms with Crippen molar-refractivity contribution in [2.45, 2.75) is 20.0 Å². The number of rotatable bonds is 8. The summed E-state index contributed by atoms with van der Waals surface area (Å²) in [5.41, 5.74) is 2.66. The standard InChI is InChI=1S/C22H22F3N3O2/c1-4-28(3)21-12-19(30-22(24,25)14-23)9-10-20(21)17(13-26)11-16-5-7-18(8-6-16)27-15(2)29/h5-12H,4,14H2,1-3H3,(H,27,29)/b17-11+. The molecule has 0 fully saturated rings. The Balaban J connectivity index is 2.44. The lowest BCUT2D eigenvalue weighted by atomic mass is 10.0. The predicted octanol–water partition coefficient (Wildman–Crippen LogP) is 5.11. The number of halogens is 3. The summed E-state index contributed by atoms with van der Waals surface area (Å²) in [5.74, 6) is -0.391. The Kier molecular flexibility index (Phi) is 7.48. The Labute approximate surface area is 173 Å². The van der Waals surface area contributed by atoms with Gasteiger partial charge in [0.2, 0.25) is 5.91 Å². The van der Waals surface area contributed by atoms with Gasteiger partial charge in [-0.05, 0) is 42.8 Å². The van der Waals surface area contributed by atoms with E-state index in [0.717, 1.165) is 5.56 Å². The van der Waals surface area contributed by atoms with Crippen molar-refractivity contribution < 1.29 is 22.7 Å². The summed E-state index contributed by atoms with van der Waals surface area (Å²) >= 11 is 0. The number of benzene rings is 2. The Bertz CT molecular complexity index is 967. The van der Waals surface area contributed by atoms with Crippen LogP contribution in [-0.4, -0.2) is 32.3 Å². The number of anilines is 2. The normalized spacial score (nSPS) is 11.6. The Hall–Kier alpha value is -3.47. The largest absolute Gasteiger partial charge is 0.431 e. The lowest BCUT2D eigenvalue weighted by molar-refractivity contribution is -0.186. The van der Waals surface area contributed by atoms with Gasteiger partial charge in [0.1, 0.15) is 5.75 Å². The zero-order chi connectivity index (χ0) is 22.3. The number of allylic oxidation sites excluding steroid dienone is 1. The maximum atomic E-state index is 13.3. The van der Waals surface area contributed by atoms with E-state index in [4.69, 9.17) is 0 Å². The molecule has 2 rings (SSSR count). The van der Waals surface area contributed by atoms with Crippen LogP contribution in [0.3, 0.4) is 0 Å². The van der Waals surface area contributed by atoms with Crippen LogP contribution in [0.15, 0.2) is 42.5 Å². The molecule has 0 aliphatic heterocycles. The van der Waals surface area contributed by atoms with Crippen LogP contribution < -0.4 is 15.0 Å². The van der Waals surface area contributed by atoms with Gasteiger partial charge in [0.05, 0.1) is 11.6 Å². The van der Waals surface area contributed by atoms with Gasteiger partial charge in [-0.3, -0.25) is 4.79 Å². The van der Waals surface area contributed by atoms with Gasteiger partial charge in [0, 0.05) is 43.5 Å². The zero-order valence-electron chi connectivity index (χ0n) is 16.9. The van der Waals surface area contributed by atoms with Gasteiger partial charge in [-0.15, -0.1) is 0 Å². The molecule has 0 spiro atoms. The first kappa shape index (κ1) is 22.8. The molecule has 2 aromatic carbocycles. The maximum absolute atomic E-state index is 13.3. The van der Waals surface area contributed by atoms with Crippen molar-refractivity contribution in [3.05, 3.63) is 53.6 Å². The fraction of sp³-hybridized carbons (Fsp3) is 0.273. The van der Waals surface area contributed by atoms with E-state index in [9.17, 15) is 23.2 Å². The van der Waals surface area contributed by atoms with Gasteiger partial charge < -0.3 is 15.0 Å². The van der Waals surface area contributed by atoms with Crippen molar-refractivity contribution >= 4 is 28.9 Å². The summed E-state index contributed by atoms with van der Waals surface area (Å²) in [6, 6.07) is 13.1. The molecule has 8 heteroatoms. The molecule has 0 heterocycles. The SMILES string of the molecule is CCN(C)c1cc(OC(F)(F)CF)ccc1/C(C#N)=C/c1ccc(NC(C)=O)cc1. The molecule has 5 nitrogen and oxygen atoms in total. The lowest BCUT2D eigenvalue weighted by Gasteiger charge is -2.22. The molecule has 1 amide bonds. The number of amides is 1. The van der Waals surface area contributed by atoms with Crippen molar-refractivity contribution in [2.75, 3.05) is 30.5 Å². The van der Waals surface area contributed by atoms with Gasteiger partial charge in [-0.2, -0.15) is 14.0 Å². The highest BCUT2D eigenvalue weighted by molar-refractivity contribution is 5.95. The fourth-order valence-corrected chi connectivity index (χ4v) is 2.69. The molecule has 0 saturated heterocycles. The predicted molar refractivity (Wildman–Crippen MR) is 111 cm³/mol. The highest BCUT2D eigenvalue weighted by atomic mass is 19.3. The number of carbonyl (C=O) groups excluding carboxylic acids is 1. The summed E-state index contributed by atoms with van der Waals surface area (Å²) in [6.07, 6.45) is -2.27. The summed E-state index contributed by atoms with van der Waals surface area (Å²) in [6.45, 7) is 1.87. The highest BCUT2D eigenvalue weighted by Gasteiger charge is 2.32. The molecule has 0 aliphatic rings. The lowest BCUT2D eigenvalue weighted by Crippen LogP contribution is -2.27. The summed E-state index contributed by atoms with van der Waals surface area (Å²) in [7, 11) is 1.74.